The minimum absolute atomic E-state index is 0.675. The zero-order chi connectivity index (χ0) is 9.80. The van der Waals surface area contributed by atoms with Crippen molar-refractivity contribution in [2.45, 2.75) is 25.7 Å². The van der Waals surface area contributed by atoms with Gasteiger partial charge < -0.3 is 10.1 Å². The van der Waals surface area contributed by atoms with Crippen molar-refractivity contribution in [2.75, 3.05) is 25.1 Å². The van der Waals surface area contributed by atoms with Crippen molar-refractivity contribution in [2.24, 2.45) is 0 Å². The van der Waals surface area contributed by atoms with E-state index in [0.29, 0.717) is 5.92 Å². The molecule has 0 amide bonds. The van der Waals surface area contributed by atoms with Crippen molar-refractivity contribution in [1.29, 1.82) is 0 Å². The van der Waals surface area contributed by atoms with Gasteiger partial charge in [-0.15, -0.1) is 11.3 Å². The maximum atomic E-state index is 5.34. The molecule has 78 valence electrons. The Hall–Kier alpha value is -0.610. The highest BCUT2D eigenvalue weighted by Crippen LogP contribution is 2.32. The number of nitrogens with zero attached hydrogens (tertiary/aromatic N) is 1. The predicted octanol–water partition coefficient (Wildman–Crippen LogP) is 2.47. The average Bonchev–Trinajstić information content (AvgIpc) is 2.68. The second-order valence-electron chi connectivity index (χ2n) is 3.48. The number of hydrogen-bond donors (Lipinski definition) is 1. The summed E-state index contributed by atoms with van der Waals surface area (Å²) in [6.07, 6.45) is 4.31. The molecule has 2 heterocycles. The van der Waals surface area contributed by atoms with Crippen LogP contribution in [0.3, 0.4) is 0 Å². The highest BCUT2D eigenvalue weighted by atomic mass is 32.1. The molecule has 0 atom stereocenters. The second kappa shape index (κ2) is 4.75. The van der Waals surface area contributed by atoms with Gasteiger partial charge in [-0.25, -0.2) is 4.98 Å². The summed E-state index contributed by atoms with van der Waals surface area (Å²) in [7, 11) is 0. The minimum atomic E-state index is 0.675. The lowest BCUT2D eigenvalue weighted by molar-refractivity contribution is 0.0860. The molecule has 0 bridgehead atoms. The van der Waals surface area contributed by atoms with Crippen molar-refractivity contribution in [3.63, 3.8) is 0 Å². The van der Waals surface area contributed by atoms with Gasteiger partial charge in [0.05, 0.1) is 0 Å². The van der Waals surface area contributed by atoms with Crippen LogP contribution in [-0.2, 0) is 4.74 Å². The van der Waals surface area contributed by atoms with E-state index in [1.54, 1.807) is 11.3 Å². The monoisotopic (exact) mass is 212 g/mol. The van der Waals surface area contributed by atoms with Gasteiger partial charge in [-0.3, -0.25) is 0 Å². The first-order valence-corrected chi connectivity index (χ1v) is 5.99. The molecule has 1 saturated heterocycles. The van der Waals surface area contributed by atoms with Crippen molar-refractivity contribution >= 4 is 16.5 Å². The Morgan fingerprint density at radius 3 is 3.07 bits per heavy atom. The maximum Gasteiger partial charge on any atom is 0.182 e. The molecular formula is C10H16N2OS. The molecule has 2 rings (SSSR count). The lowest BCUT2D eigenvalue weighted by Crippen LogP contribution is -2.12. The van der Waals surface area contributed by atoms with Crippen molar-refractivity contribution in [1.82, 2.24) is 4.98 Å². The Morgan fingerprint density at radius 1 is 1.57 bits per heavy atom. The molecule has 0 saturated carbocycles. The van der Waals surface area contributed by atoms with E-state index < -0.39 is 0 Å². The van der Waals surface area contributed by atoms with Crippen LogP contribution >= 0.6 is 11.3 Å². The number of hydrogen-bond acceptors (Lipinski definition) is 4. The third-order valence-corrected chi connectivity index (χ3v) is 3.59. The van der Waals surface area contributed by atoms with Crippen LogP contribution in [0.1, 0.15) is 30.6 Å². The Balaban J connectivity index is 2.00. The first-order chi connectivity index (χ1) is 6.90. The van der Waals surface area contributed by atoms with Gasteiger partial charge in [0.25, 0.3) is 0 Å². The molecule has 1 N–H and O–H groups in total. The molecular weight excluding hydrogens is 196 g/mol. The molecule has 0 radical (unpaired) electrons. The zero-order valence-electron chi connectivity index (χ0n) is 8.45. The second-order valence-corrected chi connectivity index (χ2v) is 4.55. The smallest absolute Gasteiger partial charge is 0.182 e. The van der Waals surface area contributed by atoms with Gasteiger partial charge >= 0.3 is 0 Å². The third-order valence-electron chi connectivity index (χ3n) is 2.48. The summed E-state index contributed by atoms with van der Waals surface area (Å²) in [4.78, 5) is 5.75. The van der Waals surface area contributed by atoms with Crippen molar-refractivity contribution < 1.29 is 4.74 Å². The quantitative estimate of drug-likeness (QED) is 0.835. The van der Waals surface area contributed by atoms with Crippen molar-refractivity contribution in [3.8, 4) is 0 Å². The van der Waals surface area contributed by atoms with Gasteiger partial charge in [-0.2, -0.15) is 0 Å². The lowest BCUT2D eigenvalue weighted by Gasteiger charge is -2.20. The average molecular weight is 212 g/mol. The van der Waals surface area contributed by atoms with Gasteiger partial charge in [0.2, 0.25) is 0 Å². The Morgan fingerprint density at radius 2 is 2.36 bits per heavy atom. The summed E-state index contributed by atoms with van der Waals surface area (Å²) in [5, 5.41) is 4.29. The molecule has 3 nitrogen and oxygen atoms in total. The molecule has 1 aromatic heterocycles. The maximum absolute atomic E-state index is 5.34. The van der Waals surface area contributed by atoms with Crippen LogP contribution in [0.4, 0.5) is 5.13 Å². The van der Waals surface area contributed by atoms with E-state index in [1.165, 1.54) is 4.88 Å². The summed E-state index contributed by atoms with van der Waals surface area (Å²) >= 11 is 1.79. The lowest BCUT2D eigenvalue weighted by atomic mass is 9.99. The van der Waals surface area contributed by atoms with Crippen LogP contribution < -0.4 is 5.32 Å². The van der Waals surface area contributed by atoms with Gasteiger partial charge in [0.15, 0.2) is 5.13 Å². The SMILES string of the molecule is CCNc1ncc(C2CCOCC2)s1. The van der Waals surface area contributed by atoms with Gasteiger partial charge in [-0.05, 0) is 25.7 Å². The van der Waals surface area contributed by atoms with Gasteiger partial charge in [0.1, 0.15) is 0 Å². The summed E-state index contributed by atoms with van der Waals surface area (Å²) in [6, 6.07) is 0. The van der Waals surface area contributed by atoms with E-state index in [4.69, 9.17) is 4.74 Å². The number of thiazole rings is 1. The Bertz CT molecular complexity index is 281. The summed E-state index contributed by atoms with van der Waals surface area (Å²) in [5.41, 5.74) is 0. The Labute approximate surface area is 88.5 Å². The summed E-state index contributed by atoms with van der Waals surface area (Å²) < 4.78 is 5.34. The molecule has 4 heteroatoms. The van der Waals surface area contributed by atoms with Crippen LogP contribution in [0, 0.1) is 0 Å². The molecule has 0 unspecified atom stereocenters. The van der Waals surface area contributed by atoms with Gasteiger partial charge in [0, 0.05) is 30.8 Å². The number of rotatable bonds is 3. The molecule has 1 aliphatic rings. The first-order valence-electron chi connectivity index (χ1n) is 5.17. The molecule has 0 aromatic carbocycles. The van der Waals surface area contributed by atoms with E-state index in [9.17, 15) is 0 Å². The van der Waals surface area contributed by atoms with E-state index in [1.807, 2.05) is 6.20 Å². The van der Waals surface area contributed by atoms with E-state index >= 15 is 0 Å². The fraction of sp³-hybridized carbons (Fsp3) is 0.700. The van der Waals surface area contributed by atoms with Crippen LogP contribution in [0.2, 0.25) is 0 Å². The number of aromatic nitrogens is 1. The fourth-order valence-corrected chi connectivity index (χ4v) is 2.74. The number of ether oxygens (including phenoxy) is 1. The standard InChI is InChI=1S/C10H16N2OS/c1-2-11-10-12-7-9(14-10)8-3-5-13-6-4-8/h7-8H,2-6H2,1H3,(H,11,12). The number of nitrogens with one attached hydrogen (secondary N) is 1. The molecule has 0 aliphatic carbocycles. The van der Waals surface area contributed by atoms with Gasteiger partial charge in [-0.1, -0.05) is 0 Å². The minimum Gasteiger partial charge on any atom is -0.381 e. The Kier molecular flexibility index (Phi) is 3.37. The van der Waals surface area contributed by atoms with E-state index in [2.05, 4.69) is 17.2 Å². The predicted molar refractivity (Wildman–Crippen MR) is 59.1 cm³/mol. The molecule has 14 heavy (non-hydrogen) atoms. The van der Waals surface area contributed by atoms with E-state index in [-0.39, 0.29) is 0 Å². The topological polar surface area (TPSA) is 34.2 Å². The van der Waals surface area contributed by atoms with E-state index in [0.717, 1.165) is 37.7 Å². The third kappa shape index (κ3) is 2.25. The van der Waals surface area contributed by atoms with Crippen LogP contribution in [0.15, 0.2) is 6.20 Å². The fourth-order valence-electron chi connectivity index (χ4n) is 1.69. The van der Waals surface area contributed by atoms with Crippen molar-refractivity contribution in [3.05, 3.63) is 11.1 Å². The summed E-state index contributed by atoms with van der Waals surface area (Å²) in [5.74, 6) is 0.675. The first kappa shape index (κ1) is 9.93. The normalized spacial score (nSPS) is 18.4. The molecule has 0 spiro atoms. The summed E-state index contributed by atoms with van der Waals surface area (Å²) in [6.45, 7) is 4.84. The molecule has 1 fully saturated rings. The van der Waals surface area contributed by atoms with Crippen LogP contribution in [0.25, 0.3) is 0 Å². The number of anilines is 1. The zero-order valence-corrected chi connectivity index (χ0v) is 9.27. The van der Waals surface area contributed by atoms with Crippen LogP contribution in [0.5, 0.6) is 0 Å². The highest BCUT2D eigenvalue weighted by molar-refractivity contribution is 7.15. The van der Waals surface area contributed by atoms with Crippen LogP contribution in [-0.4, -0.2) is 24.7 Å². The highest BCUT2D eigenvalue weighted by Gasteiger charge is 2.18. The molecule has 1 aromatic rings. The largest absolute Gasteiger partial charge is 0.381 e. The molecule has 1 aliphatic heterocycles.